The average molecular weight is 350 g/mol. The summed E-state index contributed by atoms with van der Waals surface area (Å²) in [7, 11) is 0. The summed E-state index contributed by atoms with van der Waals surface area (Å²) >= 11 is 0. The van der Waals surface area contributed by atoms with E-state index in [1.165, 1.54) is 6.07 Å². The van der Waals surface area contributed by atoms with Crippen LogP contribution in [0.1, 0.15) is 5.56 Å². The van der Waals surface area contributed by atoms with Crippen LogP contribution in [0.25, 0.3) is 11.1 Å². The largest absolute Gasteiger partial charge is 0.465 e. The van der Waals surface area contributed by atoms with Crippen molar-refractivity contribution in [3.63, 3.8) is 0 Å². The minimum Gasteiger partial charge on any atom is -0.465 e. The Morgan fingerprint density at radius 2 is 1.88 bits per heavy atom. The number of halogens is 3. The summed E-state index contributed by atoms with van der Waals surface area (Å²) in [6.45, 7) is -0.978. The number of benzene rings is 2. The summed E-state index contributed by atoms with van der Waals surface area (Å²) in [4.78, 5) is 11.8. The minimum atomic E-state index is -3.34. The number of hydrogen-bond donors (Lipinski definition) is 2. The van der Waals surface area contributed by atoms with Gasteiger partial charge in [-0.05, 0) is 17.5 Å². The van der Waals surface area contributed by atoms with Crippen molar-refractivity contribution in [2.75, 3.05) is 6.54 Å². The summed E-state index contributed by atoms with van der Waals surface area (Å²) in [6.07, 6.45) is -1.70. The maximum absolute atomic E-state index is 14.9. The van der Waals surface area contributed by atoms with Crippen LogP contribution in [0.4, 0.5) is 18.0 Å². The molecule has 0 aliphatic carbocycles. The normalized spacial score (nSPS) is 22.2. The Morgan fingerprint density at radius 3 is 2.52 bits per heavy atom. The molecule has 0 aromatic heterocycles. The van der Waals surface area contributed by atoms with E-state index in [0.717, 1.165) is 0 Å². The lowest BCUT2D eigenvalue weighted by Gasteiger charge is -2.24. The molecule has 7 heteroatoms. The molecule has 0 saturated carbocycles. The molecule has 1 fully saturated rings. The van der Waals surface area contributed by atoms with Crippen molar-refractivity contribution >= 4 is 6.09 Å². The highest BCUT2D eigenvalue weighted by Gasteiger charge is 2.54. The van der Waals surface area contributed by atoms with Crippen LogP contribution in [0.15, 0.2) is 48.5 Å². The molecule has 0 unspecified atom stereocenters. The van der Waals surface area contributed by atoms with E-state index in [1.807, 2.05) is 0 Å². The zero-order chi connectivity index (χ0) is 18.2. The molecule has 3 rings (SSSR count). The van der Waals surface area contributed by atoms with E-state index in [4.69, 9.17) is 10.8 Å². The number of nitrogens with zero attached hydrogens (tertiary/aromatic N) is 1. The Labute approximate surface area is 142 Å². The third-order valence-electron chi connectivity index (χ3n) is 4.52. The first-order valence-electron chi connectivity index (χ1n) is 7.77. The predicted molar refractivity (Wildman–Crippen MR) is 87.0 cm³/mol. The molecular formula is C18H17F3N2O2. The van der Waals surface area contributed by atoms with Crippen molar-refractivity contribution in [3.05, 3.63) is 59.9 Å². The number of carboxylic acid groups (broad SMARTS) is 1. The molecule has 2 atom stereocenters. The summed E-state index contributed by atoms with van der Waals surface area (Å²) in [5.74, 6) is -3.89. The fourth-order valence-electron chi connectivity index (χ4n) is 3.18. The fourth-order valence-corrected chi connectivity index (χ4v) is 3.18. The van der Waals surface area contributed by atoms with E-state index in [0.29, 0.717) is 16.0 Å². The molecule has 1 amide bonds. The highest BCUT2D eigenvalue weighted by Crippen LogP contribution is 2.34. The zero-order valence-electron chi connectivity index (χ0n) is 13.2. The second-order valence-corrected chi connectivity index (χ2v) is 6.11. The van der Waals surface area contributed by atoms with Gasteiger partial charge in [-0.15, -0.1) is 0 Å². The molecule has 1 saturated heterocycles. The molecule has 4 nitrogen and oxygen atoms in total. The third-order valence-corrected chi connectivity index (χ3v) is 4.52. The molecule has 2 aromatic rings. The van der Waals surface area contributed by atoms with Crippen molar-refractivity contribution in [1.82, 2.24) is 4.90 Å². The van der Waals surface area contributed by atoms with Gasteiger partial charge in [0.2, 0.25) is 0 Å². The molecule has 0 spiro atoms. The summed E-state index contributed by atoms with van der Waals surface area (Å²) in [5.41, 5.74) is 6.70. The molecule has 0 bridgehead atoms. The lowest BCUT2D eigenvalue weighted by atomic mass is 9.95. The van der Waals surface area contributed by atoms with Gasteiger partial charge in [-0.2, -0.15) is 0 Å². The van der Waals surface area contributed by atoms with Gasteiger partial charge in [-0.3, -0.25) is 4.90 Å². The number of likely N-dealkylation sites (tertiary alicyclic amines) is 1. The molecular weight excluding hydrogens is 333 g/mol. The Balaban J connectivity index is 1.94. The van der Waals surface area contributed by atoms with Crippen molar-refractivity contribution in [2.45, 2.75) is 24.4 Å². The molecule has 0 radical (unpaired) electrons. The first-order valence-corrected chi connectivity index (χ1v) is 7.77. The van der Waals surface area contributed by atoms with E-state index >= 15 is 0 Å². The second-order valence-electron chi connectivity index (χ2n) is 6.11. The van der Waals surface area contributed by atoms with Gasteiger partial charge in [-0.1, -0.05) is 48.5 Å². The van der Waals surface area contributed by atoms with E-state index in [1.54, 1.807) is 42.5 Å². The van der Waals surface area contributed by atoms with Crippen LogP contribution in [0, 0.1) is 5.82 Å². The Hall–Kier alpha value is -2.54. The number of nitrogens with two attached hydrogens (primary N) is 1. The summed E-state index contributed by atoms with van der Waals surface area (Å²) < 4.78 is 42.5. The number of carbonyl (C=O) groups is 1. The Morgan fingerprint density at radius 1 is 1.20 bits per heavy atom. The van der Waals surface area contributed by atoms with Crippen LogP contribution in [0.2, 0.25) is 0 Å². The van der Waals surface area contributed by atoms with Gasteiger partial charge in [0.15, 0.2) is 0 Å². The molecule has 3 N–H and O–H groups in total. The Bertz CT molecular complexity index is 783. The SMILES string of the molecule is N[C@@H]1[C@H](Cc2cccc(-c3ccccc3)c2F)N(C(=O)O)CC1(F)F. The van der Waals surface area contributed by atoms with E-state index in [-0.39, 0.29) is 12.0 Å². The van der Waals surface area contributed by atoms with Crippen LogP contribution >= 0.6 is 0 Å². The monoisotopic (exact) mass is 350 g/mol. The fraction of sp³-hybridized carbons (Fsp3) is 0.278. The van der Waals surface area contributed by atoms with Gasteiger partial charge in [0.25, 0.3) is 5.92 Å². The van der Waals surface area contributed by atoms with E-state index < -0.39 is 36.5 Å². The summed E-state index contributed by atoms with van der Waals surface area (Å²) in [6, 6.07) is 10.6. The van der Waals surface area contributed by atoms with Crippen LogP contribution in [-0.2, 0) is 6.42 Å². The third kappa shape index (κ3) is 3.19. The van der Waals surface area contributed by atoms with Crippen molar-refractivity contribution in [1.29, 1.82) is 0 Å². The topological polar surface area (TPSA) is 66.6 Å². The maximum Gasteiger partial charge on any atom is 0.407 e. The van der Waals surface area contributed by atoms with Gasteiger partial charge in [-0.25, -0.2) is 18.0 Å². The van der Waals surface area contributed by atoms with Crippen molar-refractivity contribution in [2.24, 2.45) is 5.73 Å². The van der Waals surface area contributed by atoms with Crippen molar-refractivity contribution < 1.29 is 23.1 Å². The van der Waals surface area contributed by atoms with Gasteiger partial charge in [0.1, 0.15) is 5.82 Å². The van der Waals surface area contributed by atoms with Crippen LogP contribution < -0.4 is 5.73 Å². The minimum absolute atomic E-state index is 0.158. The highest BCUT2D eigenvalue weighted by molar-refractivity contribution is 5.67. The maximum atomic E-state index is 14.9. The highest BCUT2D eigenvalue weighted by atomic mass is 19.3. The molecule has 1 aliphatic heterocycles. The number of hydrogen-bond acceptors (Lipinski definition) is 2. The smallest absolute Gasteiger partial charge is 0.407 e. The zero-order valence-corrected chi connectivity index (χ0v) is 13.2. The average Bonchev–Trinajstić information content (AvgIpc) is 2.81. The number of rotatable bonds is 3. The first-order chi connectivity index (χ1) is 11.8. The second kappa shape index (κ2) is 6.40. The quantitative estimate of drug-likeness (QED) is 0.892. The van der Waals surface area contributed by atoms with Crippen LogP contribution in [-0.4, -0.2) is 40.7 Å². The van der Waals surface area contributed by atoms with Crippen LogP contribution in [0.5, 0.6) is 0 Å². The van der Waals surface area contributed by atoms with Gasteiger partial charge in [0.05, 0.1) is 18.6 Å². The van der Waals surface area contributed by atoms with Crippen LogP contribution in [0.3, 0.4) is 0 Å². The molecule has 2 aromatic carbocycles. The van der Waals surface area contributed by atoms with Crippen molar-refractivity contribution in [3.8, 4) is 11.1 Å². The number of amides is 1. The van der Waals surface area contributed by atoms with E-state index in [2.05, 4.69) is 0 Å². The van der Waals surface area contributed by atoms with Gasteiger partial charge >= 0.3 is 6.09 Å². The first kappa shape index (κ1) is 17.3. The molecule has 1 heterocycles. The van der Waals surface area contributed by atoms with E-state index in [9.17, 15) is 18.0 Å². The lowest BCUT2D eigenvalue weighted by molar-refractivity contribution is -0.00119. The molecule has 132 valence electrons. The lowest BCUT2D eigenvalue weighted by Crippen LogP contribution is -2.47. The standard InChI is InChI=1S/C18H17F3N2O2/c19-15-12(7-4-8-13(15)11-5-2-1-3-6-11)9-14-16(22)18(20,21)10-23(14)17(24)25/h1-8,14,16H,9-10,22H2,(H,24,25)/t14-,16+/m0/s1. The molecule has 25 heavy (non-hydrogen) atoms. The Kier molecular flexibility index (Phi) is 4.43. The van der Waals surface area contributed by atoms with Gasteiger partial charge in [0, 0.05) is 5.56 Å². The predicted octanol–water partition coefficient (Wildman–Crippen LogP) is 3.36. The number of alkyl halides is 2. The summed E-state index contributed by atoms with van der Waals surface area (Å²) in [5, 5.41) is 9.16. The van der Waals surface area contributed by atoms with Gasteiger partial charge < -0.3 is 10.8 Å². The molecule has 1 aliphatic rings.